The van der Waals surface area contributed by atoms with Crippen molar-refractivity contribution in [3.05, 3.63) is 35.7 Å². The van der Waals surface area contributed by atoms with E-state index in [4.69, 9.17) is 14.3 Å². The number of hydrogen-bond acceptors (Lipinski definition) is 6. The van der Waals surface area contributed by atoms with Gasteiger partial charge in [-0.05, 0) is 50.8 Å². The average Bonchev–Trinajstić information content (AvgIpc) is 3.27. The number of aryl methyl sites for hydroxylation is 1. The highest BCUT2D eigenvalue weighted by Crippen LogP contribution is 2.19. The zero-order chi connectivity index (χ0) is 22.8. The van der Waals surface area contributed by atoms with E-state index in [9.17, 15) is 4.79 Å². The van der Waals surface area contributed by atoms with Crippen molar-refractivity contribution in [2.75, 3.05) is 26.2 Å². The third kappa shape index (κ3) is 6.70. The molecular formula is C23H34N6O3. The van der Waals surface area contributed by atoms with E-state index in [1.807, 2.05) is 38.1 Å². The first-order valence-corrected chi connectivity index (χ1v) is 11.5. The minimum Gasteiger partial charge on any atom is -0.450 e. The minimum absolute atomic E-state index is 0.227. The van der Waals surface area contributed by atoms with Crippen LogP contribution in [0.25, 0.3) is 11.5 Å². The van der Waals surface area contributed by atoms with Crippen molar-refractivity contribution in [3.8, 4) is 11.5 Å². The van der Waals surface area contributed by atoms with Crippen LogP contribution in [-0.2, 0) is 17.7 Å². The number of carbonyl (C=O) groups excluding carboxylic acids is 1. The lowest BCUT2D eigenvalue weighted by Gasteiger charge is -2.32. The molecule has 0 aliphatic carbocycles. The fourth-order valence-electron chi connectivity index (χ4n) is 3.60. The number of nitrogens with one attached hydrogen (secondary N) is 2. The summed E-state index contributed by atoms with van der Waals surface area (Å²) in [5, 5.41) is 10.8. The Kier molecular flexibility index (Phi) is 8.89. The monoisotopic (exact) mass is 442 g/mol. The molecule has 1 amide bonds. The number of hydrogen-bond donors (Lipinski definition) is 2. The molecule has 1 saturated heterocycles. The quantitative estimate of drug-likeness (QED) is 0.477. The minimum atomic E-state index is -0.227. The van der Waals surface area contributed by atoms with Crippen molar-refractivity contribution in [1.29, 1.82) is 0 Å². The zero-order valence-electron chi connectivity index (χ0n) is 19.3. The van der Waals surface area contributed by atoms with Gasteiger partial charge in [0.1, 0.15) is 0 Å². The normalized spacial score (nSPS) is 15.0. The molecule has 0 radical (unpaired) electrons. The molecule has 2 aromatic rings. The van der Waals surface area contributed by atoms with Gasteiger partial charge in [0, 0.05) is 37.7 Å². The molecule has 0 spiro atoms. The van der Waals surface area contributed by atoms with Gasteiger partial charge in [-0.3, -0.25) is 0 Å². The largest absolute Gasteiger partial charge is 0.450 e. The molecule has 9 nitrogen and oxygen atoms in total. The molecule has 9 heteroatoms. The number of nitrogens with zero attached hydrogens (tertiary/aromatic N) is 4. The van der Waals surface area contributed by atoms with Crippen molar-refractivity contribution in [1.82, 2.24) is 25.7 Å². The maximum atomic E-state index is 11.9. The molecule has 2 heterocycles. The molecule has 0 atom stereocenters. The molecule has 0 unspecified atom stereocenters. The highest BCUT2D eigenvalue weighted by atomic mass is 16.6. The van der Waals surface area contributed by atoms with E-state index in [1.165, 1.54) is 0 Å². The van der Waals surface area contributed by atoms with Crippen LogP contribution < -0.4 is 10.6 Å². The Morgan fingerprint density at radius 3 is 2.81 bits per heavy atom. The van der Waals surface area contributed by atoms with Gasteiger partial charge in [0.2, 0.25) is 0 Å². The third-order valence-corrected chi connectivity index (χ3v) is 5.24. The summed E-state index contributed by atoms with van der Waals surface area (Å²) in [5.41, 5.74) is 1.96. The maximum absolute atomic E-state index is 11.9. The van der Waals surface area contributed by atoms with Crippen LogP contribution in [0, 0.1) is 0 Å². The van der Waals surface area contributed by atoms with Gasteiger partial charge in [0.25, 0.3) is 5.89 Å². The Balaban J connectivity index is 1.58. The van der Waals surface area contributed by atoms with Crippen molar-refractivity contribution in [3.63, 3.8) is 0 Å². The number of benzene rings is 1. The first-order valence-electron chi connectivity index (χ1n) is 11.5. The first kappa shape index (κ1) is 23.6. The molecule has 174 valence electrons. The molecule has 2 N–H and O–H groups in total. The smallest absolute Gasteiger partial charge is 0.409 e. The van der Waals surface area contributed by atoms with Crippen LogP contribution in [0.2, 0.25) is 0 Å². The molecule has 0 bridgehead atoms. The van der Waals surface area contributed by atoms with Gasteiger partial charge in [-0.15, -0.1) is 0 Å². The second-order valence-corrected chi connectivity index (χ2v) is 7.77. The van der Waals surface area contributed by atoms with Crippen molar-refractivity contribution in [2.24, 2.45) is 4.99 Å². The van der Waals surface area contributed by atoms with Gasteiger partial charge >= 0.3 is 6.09 Å². The fourth-order valence-corrected chi connectivity index (χ4v) is 3.60. The number of aliphatic imine (C=N–C) groups is 1. The number of carbonyl (C=O) groups is 1. The lowest BCUT2D eigenvalue weighted by Crippen LogP contribution is -2.49. The van der Waals surface area contributed by atoms with Crippen LogP contribution in [0.4, 0.5) is 4.79 Å². The van der Waals surface area contributed by atoms with Crippen LogP contribution in [0.1, 0.15) is 51.4 Å². The Bertz CT molecular complexity index is 889. The zero-order valence-corrected chi connectivity index (χ0v) is 19.3. The van der Waals surface area contributed by atoms with Crippen LogP contribution >= 0.6 is 0 Å². The lowest BCUT2D eigenvalue weighted by molar-refractivity contribution is 0.0963. The summed E-state index contributed by atoms with van der Waals surface area (Å²) in [6.07, 6.45) is 3.28. The first-order chi connectivity index (χ1) is 15.6. The van der Waals surface area contributed by atoms with E-state index in [0.29, 0.717) is 32.1 Å². The third-order valence-electron chi connectivity index (χ3n) is 5.24. The summed E-state index contributed by atoms with van der Waals surface area (Å²) in [6, 6.07) is 8.29. The number of aromatic nitrogens is 2. The number of rotatable bonds is 8. The Morgan fingerprint density at radius 1 is 1.28 bits per heavy atom. The number of guanidine groups is 1. The van der Waals surface area contributed by atoms with E-state index in [1.54, 1.807) is 4.90 Å². The van der Waals surface area contributed by atoms with Crippen LogP contribution in [0.3, 0.4) is 0 Å². The molecule has 0 saturated carbocycles. The molecule has 32 heavy (non-hydrogen) atoms. The summed E-state index contributed by atoms with van der Waals surface area (Å²) in [7, 11) is 0. The number of likely N-dealkylation sites (tertiary alicyclic amines) is 1. The van der Waals surface area contributed by atoms with Crippen LogP contribution in [0.5, 0.6) is 0 Å². The lowest BCUT2D eigenvalue weighted by atomic mass is 10.1. The van der Waals surface area contributed by atoms with Crippen molar-refractivity contribution >= 4 is 12.1 Å². The van der Waals surface area contributed by atoms with Gasteiger partial charge in [0.15, 0.2) is 11.8 Å². The second-order valence-electron chi connectivity index (χ2n) is 7.77. The van der Waals surface area contributed by atoms with E-state index in [-0.39, 0.29) is 12.1 Å². The van der Waals surface area contributed by atoms with Gasteiger partial charge < -0.3 is 24.8 Å². The molecule has 1 aromatic heterocycles. The summed E-state index contributed by atoms with van der Waals surface area (Å²) >= 11 is 0. The fraction of sp³-hybridized carbons (Fsp3) is 0.565. The van der Waals surface area contributed by atoms with Crippen molar-refractivity contribution < 1.29 is 14.1 Å². The van der Waals surface area contributed by atoms with E-state index in [2.05, 4.69) is 27.7 Å². The Hall–Kier alpha value is -3.10. The molecule has 3 rings (SSSR count). The number of ether oxygens (including phenoxy) is 1. The van der Waals surface area contributed by atoms with Gasteiger partial charge in [-0.2, -0.15) is 4.98 Å². The summed E-state index contributed by atoms with van der Waals surface area (Å²) in [6.45, 7) is 9.04. The van der Waals surface area contributed by atoms with Gasteiger partial charge in [-0.1, -0.05) is 24.2 Å². The van der Waals surface area contributed by atoms with E-state index < -0.39 is 0 Å². The average molecular weight is 443 g/mol. The van der Waals surface area contributed by atoms with Crippen molar-refractivity contribution in [2.45, 2.75) is 59.0 Å². The molecule has 1 fully saturated rings. The van der Waals surface area contributed by atoms with Crippen LogP contribution in [0.15, 0.2) is 33.8 Å². The topological polar surface area (TPSA) is 105 Å². The second kappa shape index (κ2) is 12.1. The van der Waals surface area contributed by atoms with E-state index in [0.717, 1.165) is 55.1 Å². The summed E-state index contributed by atoms with van der Waals surface area (Å²) < 4.78 is 10.5. The standard InChI is InChI=1S/C23H34N6O3/c1-4-8-20-27-21(32-28-20)18-10-7-9-17(15-18)16-25-22(24-5-2)26-19-11-13-29(14-12-19)23(30)31-6-3/h7,9-10,15,19H,4-6,8,11-14,16H2,1-3H3,(H2,24,25,26). The summed E-state index contributed by atoms with van der Waals surface area (Å²) in [4.78, 5) is 22.9. The molecule has 1 aromatic carbocycles. The highest BCUT2D eigenvalue weighted by Gasteiger charge is 2.24. The highest BCUT2D eigenvalue weighted by molar-refractivity contribution is 5.80. The Labute approximate surface area is 189 Å². The maximum Gasteiger partial charge on any atom is 0.409 e. The van der Waals surface area contributed by atoms with Crippen LogP contribution in [-0.4, -0.2) is 59.4 Å². The molecular weight excluding hydrogens is 408 g/mol. The van der Waals surface area contributed by atoms with Gasteiger partial charge in [0.05, 0.1) is 13.2 Å². The van der Waals surface area contributed by atoms with Gasteiger partial charge in [-0.25, -0.2) is 9.79 Å². The number of amides is 1. The Morgan fingerprint density at radius 2 is 2.09 bits per heavy atom. The SMILES string of the molecule is CCCc1noc(-c2cccc(CN=C(NCC)NC3CCN(C(=O)OCC)CC3)c2)n1. The predicted octanol–water partition coefficient (Wildman–Crippen LogP) is 3.37. The van der Waals surface area contributed by atoms with E-state index >= 15 is 0 Å². The summed E-state index contributed by atoms with van der Waals surface area (Å²) in [5.74, 6) is 2.05. The molecule has 1 aliphatic rings. The number of piperidine rings is 1. The molecule has 1 aliphatic heterocycles. The predicted molar refractivity (Wildman–Crippen MR) is 123 cm³/mol.